The highest BCUT2D eigenvalue weighted by Crippen LogP contribution is 2.21. The van der Waals surface area contributed by atoms with Gasteiger partial charge in [0.1, 0.15) is 0 Å². The van der Waals surface area contributed by atoms with Gasteiger partial charge >= 0.3 is 5.97 Å². The number of carbonyl (C=O) groups excluding carboxylic acids is 1. The van der Waals surface area contributed by atoms with E-state index >= 15 is 0 Å². The summed E-state index contributed by atoms with van der Waals surface area (Å²) in [6.45, 7) is 5.53. The number of unbranched alkanes of at least 4 members (excludes halogenated alkanes) is 27. The van der Waals surface area contributed by atoms with E-state index in [2.05, 4.69) is 13.8 Å². The molecule has 0 fully saturated rings. The molecule has 0 saturated carbocycles. The monoisotopic (exact) mass is 581 g/mol. The Morgan fingerprint density at radius 3 is 1.07 bits per heavy atom. The molecule has 0 heterocycles. The van der Waals surface area contributed by atoms with Crippen molar-refractivity contribution in [2.24, 2.45) is 5.92 Å². The van der Waals surface area contributed by atoms with Gasteiger partial charge < -0.3 is 9.84 Å². The van der Waals surface area contributed by atoms with Crippen molar-refractivity contribution < 1.29 is 14.6 Å². The van der Waals surface area contributed by atoms with Crippen molar-refractivity contribution in [3.63, 3.8) is 0 Å². The topological polar surface area (TPSA) is 46.5 Å². The van der Waals surface area contributed by atoms with Gasteiger partial charge in [-0.25, -0.2) is 0 Å². The lowest BCUT2D eigenvalue weighted by Gasteiger charge is -2.16. The van der Waals surface area contributed by atoms with Gasteiger partial charge in [-0.15, -0.1) is 0 Å². The van der Waals surface area contributed by atoms with Crippen LogP contribution in [-0.4, -0.2) is 24.3 Å². The second-order valence-electron chi connectivity index (χ2n) is 13.1. The van der Waals surface area contributed by atoms with Crippen molar-refractivity contribution in [2.45, 2.75) is 219 Å². The largest absolute Gasteiger partial charge is 0.465 e. The molecular formula is C38H76O3. The van der Waals surface area contributed by atoms with Gasteiger partial charge in [0.25, 0.3) is 0 Å². The van der Waals surface area contributed by atoms with Crippen molar-refractivity contribution in [2.75, 3.05) is 13.2 Å². The molecular weight excluding hydrogens is 504 g/mol. The summed E-state index contributed by atoms with van der Waals surface area (Å²) in [5, 5.41) is 8.83. The fraction of sp³-hybridized carbons (Fsp3) is 0.974. The molecule has 0 aliphatic carbocycles. The number of esters is 1. The van der Waals surface area contributed by atoms with Gasteiger partial charge in [-0.2, -0.15) is 0 Å². The summed E-state index contributed by atoms with van der Waals surface area (Å²) < 4.78 is 5.80. The molecule has 0 bridgehead atoms. The van der Waals surface area contributed by atoms with Crippen LogP contribution in [0.3, 0.4) is 0 Å². The van der Waals surface area contributed by atoms with E-state index in [1.54, 1.807) is 0 Å². The van der Waals surface area contributed by atoms with Gasteiger partial charge in [-0.3, -0.25) is 4.79 Å². The third-order valence-electron chi connectivity index (χ3n) is 8.94. The third-order valence-corrected chi connectivity index (χ3v) is 8.94. The van der Waals surface area contributed by atoms with Gasteiger partial charge in [0.15, 0.2) is 0 Å². The number of carbonyl (C=O) groups is 1. The van der Waals surface area contributed by atoms with E-state index in [-0.39, 0.29) is 11.9 Å². The second-order valence-corrected chi connectivity index (χ2v) is 13.1. The van der Waals surface area contributed by atoms with Crippen LogP contribution in [0.5, 0.6) is 0 Å². The van der Waals surface area contributed by atoms with Crippen molar-refractivity contribution in [1.29, 1.82) is 0 Å². The summed E-state index contributed by atoms with van der Waals surface area (Å²) in [4.78, 5) is 12.9. The molecule has 1 unspecified atom stereocenters. The van der Waals surface area contributed by atoms with Crippen LogP contribution >= 0.6 is 0 Å². The normalized spacial score (nSPS) is 12.2. The van der Waals surface area contributed by atoms with Gasteiger partial charge in [0.05, 0.1) is 12.5 Å². The lowest BCUT2D eigenvalue weighted by atomic mass is 9.94. The number of rotatable bonds is 35. The molecule has 0 aliphatic heterocycles. The number of hydrogen-bond acceptors (Lipinski definition) is 3. The van der Waals surface area contributed by atoms with Gasteiger partial charge in [0.2, 0.25) is 0 Å². The molecule has 41 heavy (non-hydrogen) atoms. The average Bonchev–Trinajstić information content (AvgIpc) is 2.98. The fourth-order valence-corrected chi connectivity index (χ4v) is 6.06. The molecule has 246 valence electrons. The minimum atomic E-state index is 0.0999. The van der Waals surface area contributed by atoms with E-state index in [9.17, 15) is 4.79 Å². The van der Waals surface area contributed by atoms with Gasteiger partial charge in [0, 0.05) is 6.61 Å². The molecule has 0 aromatic carbocycles. The predicted octanol–water partition coefficient (Wildman–Crippen LogP) is 12.7. The first-order valence-electron chi connectivity index (χ1n) is 19.0. The first-order valence-corrected chi connectivity index (χ1v) is 19.0. The minimum Gasteiger partial charge on any atom is -0.465 e. The maximum absolute atomic E-state index is 12.9. The number of ether oxygens (including phenoxy) is 1. The van der Waals surface area contributed by atoms with Crippen LogP contribution < -0.4 is 0 Å². The maximum atomic E-state index is 12.9. The first kappa shape index (κ1) is 40.4. The van der Waals surface area contributed by atoms with E-state index < -0.39 is 0 Å². The Labute approximate surface area is 258 Å². The van der Waals surface area contributed by atoms with E-state index in [0.29, 0.717) is 13.2 Å². The van der Waals surface area contributed by atoms with Crippen LogP contribution in [0.25, 0.3) is 0 Å². The highest BCUT2D eigenvalue weighted by atomic mass is 16.5. The van der Waals surface area contributed by atoms with E-state index in [1.807, 2.05) is 0 Å². The summed E-state index contributed by atoms with van der Waals surface area (Å²) >= 11 is 0. The Morgan fingerprint density at radius 1 is 0.439 bits per heavy atom. The standard InChI is InChI=1S/C38H76O3/c1-3-5-7-9-11-12-21-24-28-32-36-41-38(40)37(33-29-25-10-8-6-4-2)34-30-26-22-19-17-15-13-14-16-18-20-23-27-31-35-39/h37,39H,3-36H2,1-2H3. The van der Waals surface area contributed by atoms with Crippen molar-refractivity contribution >= 4 is 5.97 Å². The quantitative estimate of drug-likeness (QED) is 0.0599. The molecule has 1 atom stereocenters. The van der Waals surface area contributed by atoms with Crippen molar-refractivity contribution in [3.05, 3.63) is 0 Å². The molecule has 0 saturated heterocycles. The van der Waals surface area contributed by atoms with Crippen LogP contribution in [0, 0.1) is 5.92 Å². The zero-order valence-corrected chi connectivity index (χ0v) is 28.4. The molecule has 0 aromatic heterocycles. The van der Waals surface area contributed by atoms with Crippen LogP contribution in [0.1, 0.15) is 219 Å². The lowest BCUT2D eigenvalue weighted by Crippen LogP contribution is -2.18. The molecule has 3 heteroatoms. The highest BCUT2D eigenvalue weighted by Gasteiger charge is 2.19. The zero-order valence-electron chi connectivity index (χ0n) is 28.4. The first-order chi connectivity index (χ1) is 20.3. The second kappa shape index (κ2) is 35.6. The highest BCUT2D eigenvalue weighted by molar-refractivity contribution is 5.72. The Morgan fingerprint density at radius 2 is 0.732 bits per heavy atom. The zero-order chi connectivity index (χ0) is 29.9. The molecule has 0 aliphatic rings. The number of aliphatic hydroxyl groups excluding tert-OH is 1. The van der Waals surface area contributed by atoms with Gasteiger partial charge in [-0.1, -0.05) is 194 Å². The third kappa shape index (κ3) is 32.2. The Bertz CT molecular complexity index is 492. The molecule has 0 radical (unpaired) electrons. The van der Waals surface area contributed by atoms with Crippen LogP contribution in [0.15, 0.2) is 0 Å². The van der Waals surface area contributed by atoms with E-state index in [1.165, 1.54) is 180 Å². The fourth-order valence-electron chi connectivity index (χ4n) is 6.06. The van der Waals surface area contributed by atoms with Crippen LogP contribution in [0.4, 0.5) is 0 Å². The number of aliphatic hydroxyl groups is 1. The van der Waals surface area contributed by atoms with E-state index in [4.69, 9.17) is 9.84 Å². The molecule has 0 rings (SSSR count). The Balaban J connectivity index is 3.90. The summed E-state index contributed by atoms with van der Waals surface area (Å²) in [5.41, 5.74) is 0. The molecule has 0 amide bonds. The van der Waals surface area contributed by atoms with Crippen molar-refractivity contribution in [1.82, 2.24) is 0 Å². The Kier molecular flexibility index (Phi) is 35.1. The van der Waals surface area contributed by atoms with Crippen LogP contribution in [-0.2, 0) is 9.53 Å². The van der Waals surface area contributed by atoms with E-state index in [0.717, 1.165) is 25.7 Å². The van der Waals surface area contributed by atoms with Crippen molar-refractivity contribution in [3.8, 4) is 0 Å². The smallest absolute Gasteiger partial charge is 0.308 e. The average molecular weight is 581 g/mol. The molecule has 1 N–H and O–H groups in total. The summed E-state index contributed by atoms with van der Waals surface area (Å²) in [5.74, 6) is 0.232. The Hall–Kier alpha value is -0.570. The molecule has 0 aromatic rings. The lowest BCUT2D eigenvalue weighted by molar-refractivity contribution is -0.149. The minimum absolute atomic E-state index is 0.0999. The maximum Gasteiger partial charge on any atom is 0.308 e. The molecule has 0 spiro atoms. The number of hydrogen-bond donors (Lipinski definition) is 1. The predicted molar refractivity (Wildman–Crippen MR) is 181 cm³/mol. The SMILES string of the molecule is CCCCCCCCCCCCOC(=O)C(CCCCCCCC)CCCCCCCCCCCCCCCCO. The summed E-state index contributed by atoms with van der Waals surface area (Å²) in [6.07, 6.45) is 41.2. The van der Waals surface area contributed by atoms with Gasteiger partial charge in [-0.05, 0) is 25.7 Å². The molecule has 3 nitrogen and oxygen atoms in total. The summed E-state index contributed by atoms with van der Waals surface area (Å²) in [7, 11) is 0. The van der Waals surface area contributed by atoms with Crippen LogP contribution in [0.2, 0.25) is 0 Å². The summed E-state index contributed by atoms with van der Waals surface area (Å²) in [6, 6.07) is 0.